The molecule has 0 fully saturated rings. The maximum absolute atomic E-state index is 5.98. The van der Waals surface area contributed by atoms with E-state index in [1.165, 1.54) is 4.68 Å². The monoisotopic (exact) mass is 436 g/mol. The van der Waals surface area contributed by atoms with Gasteiger partial charge in [0.15, 0.2) is 17.3 Å². The smallest absolute Gasteiger partial charge is 0.219 e. The summed E-state index contributed by atoms with van der Waals surface area (Å²) in [5.74, 6) is 2.58. The predicted molar refractivity (Wildman–Crippen MR) is 118 cm³/mol. The van der Waals surface area contributed by atoms with E-state index >= 15 is 0 Å². The number of hydrogen-bond acceptors (Lipinski definition) is 7. The Hall–Kier alpha value is -3.85. The standard InChI is InChI=1S/C22H20N4O4S/c1-27-18-11-16(12-19(28-2)20(18)30-14-15-7-4-3-5-8-15)13-23-26-21(24-25-22(26)31)17-9-6-10-29-17/h3-13H,14H2,1-2H3,(H,25,31)/b23-13-. The number of furan rings is 1. The Kier molecular flexibility index (Phi) is 6.13. The van der Waals surface area contributed by atoms with Gasteiger partial charge in [0, 0.05) is 5.56 Å². The Morgan fingerprint density at radius 1 is 1.10 bits per heavy atom. The summed E-state index contributed by atoms with van der Waals surface area (Å²) in [5.41, 5.74) is 1.77. The first-order chi connectivity index (χ1) is 15.2. The van der Waals surface area contributed by atoms with Crippen LogP contribution in [0.3, 0.4) is 0 Å². The first kappa shape index (κ1) is 20.4. The van der Waals surface area contributed by atoms with Crippen LogP contribution in [0.5, 0.6) is 17.2 Å². The van der Waals surface area contributed by atoms with E-state index in [-0.39, 0.29) is 0 Å². The largest absolute Gasteiger partial charge is 0.493 e. The third kappa shape index (κ3) is 4.51. The summed E-state index contributed by atoms with van der Waals surface area (Å²) in [5, 5.41) is 11.3. The highest BCUT2D eigenvalue weighted by Gasteiger charge is 2.15. The average molecular weight is 436 g/mol. The van der Waals surface area contributed by atoms with Crippen LogP contribution in [-0.4, -0.2) is 35.3 Å². The van der Waals surface area contributed by atoms with Gasteiger partial charge in [0.05, 0.1) is 26.7 Å². The van der Waals surface area contributed by atoms with Crippen molar-refractivity contribution in [3.05, 3.63) is 76.8 Å². The Balaban J connectivity index is 1.63. The van der Waals surface area contributed by atoms with Crippen molar-refractivity contribution in [2.24, 2.45) is 5.10 Å². The Morgan fingerprint density at radius 3 is 2.48 bits per heavy atom. The number of aromatic amines is 1. The SMILES string of the molecule is COc1cc(/C=N\n2c(-c3ccco3)n[nH]c2=S)cc(OC)c1OCc1ccccc1. The molecule has 0 atom stereocenters. The summed E-state index contributed by atoms with van der Waals surface area (Å²) >= 11 is 5.28. The minimum atomic E-state index is 0.337. The van der Waals surface area contributed by atoms with Crippen LogP contribution in [-0.2, 0) is 6.61 Å². The number of aromatic nitrogens is 3. The summed E-state index contributed by atoms with van der Waals surface area (Å²) in [6.45, 7) is 0.387. The molecule has 0 aliphatic carbocycles. The molecule has 0 unspecified atom stereocenters. The molecule has 0 saturated heterocycles. The van der Waals surface area contributed by atoms with E-state index in [2.05, 4.69) is 15.3 Å². The molecule has 4 rings (SSSR count). The van der Waals surface area contributed by atoms with Gasteiger partial charge in [0.1, 0.15) is 6.61 Å². The second kappa shape index (κ2) is 9.31. The minimum Gasteiger partial charge on any atom is -0.493 e. The fourth-order valence-corrected chi connectivity index (χ4v) is 3.11. The summed E-state index contributed by atoms with van der Waals surface area (Å²) < 4.78 is 24.3. The molecule has 2 aromatic carbocycles. The van der Waals surface area contributed by atoms with Gasteiger partial charge in [0.2, 0.25) is 16.3 Å². The maximum atomic E-state index is 5.98. The van der Waals surface area contributed by atoms with Gasteiger partial charge in [-0.3, -0.25) is 0 Å². The van der Waals surface area contributed by atoms with Crippen molar-refractivity contribution in [2.75, 3.05) is 14.2 Å². The van der Waals surface area contributed by atoms with Crippen molar-refractivity contribution < 1.29 is 18.6 Å². The summed E-state index contributed by atoms with van der Waals surface area (Å²) in [6.07, 6.45) is 3.19. The summed E-state index contributed by atoms with van der Waals surface area (Å²) in [4.78, 5) is 0. The van der Waals surface area contributed by atoms with Crippen molar-refractivity contribution in [3.63, 3.8) is 0 Å². The number of H-pyrrole nitrogens is 1. The molecule has 0 bridgehead atoms. The molecule has 0 amide bonds. The van der Waals surface area contributed by atoms with Crippen LogP contribution in [0.2, 0.25) is 0 Å². The summed E-state index contributed by atoms with van der Waals surface area (Å²) in [6, 6.07) is 17.0. The second-order valence-electron chi connectivity index (χ2n) is 6.41. The number of methoxy groups -OCH3 is 2. The molecular weight excluding hydrogens is 416 g/mol. The van der Waals surface area contributed by atoms with Crippen LogP contribution >= 0.6 is 12.2 Å². The molecule has 31 heavy (non-hydrogen) atoms. The third-order valence-corrected chi connectivity index (χ3v) is 4.69. The van der Waals surface area contributed by atoms with Crippen molar-refractivity contribution >= 4 is 18.4 Å². The van der Waals surface area contributed by atoms with Crippen molar-refractivity contribution in [1.82, 2.24) is 14.9 Å². The fraction of sp³-hybridized carbons (Fsp3) is 0.136. The molecule has 2 heterocycles. The normalized spacial score (nSPS) is 11.0. The number of hydrogen-bond donors (Lipinski definition) is 1. The van der Waals surface area contributed by atoms with Gasteiger partial charge < -0.3 is 18.6 Å². The van der Waals surface area contributed by atoms with Crippen LogP contribution < -0.4 is 14.2 Å². The van der Waals surface area contributed by atoms with Gasteiger partial charge >= 0.3 is 0 Å². The van der Waals surface area contributed by atoms with Crippen molar-refractivity contribution in [2.45, 2.75) is 6.61 Å². The van der Waals surface area contributed by atoms with E-state index in [4.69, 9.17) is 30.8 Å². The first-order valence-electron chi connectivity index (χ1n) is 9.38. The molecule has 4 aromatic rings. The van der Waals surface area contributed by atoms with E-state index in [9.17, 15) is 0 Å². The van der Waals surface area contributed by atoms with Crippen molar-refractivity contribution in [1.29, 1.82) is 0 Å². The molecule has 0 saturated carbocycles. The number of ether oxygens (including phenoxy) is 3. The lowest BCUT2D eigenvalue weighted by Gasteiger charge is -2.15. The zero-order valence-electron chi connectivity index (χ0n) is 16.9. The topological polar surface area (TPSA) is 86.8 Å². The molecule has 0 radical (unpaired) electrons. The van der Waals surface area contributed by atoms with E-state index in [1.807, 2.05) is 42.5 Å². The molecule has 2 aromatic heterocycles. The molecule has 0 spiro atoms. The number of rotatable bonds is 8. The van der Waals surface area contributed by atoms with Gasteiger partial charge in [-0.05, 0) is 42.0 Å². The van der Waals surface area contributed by atoms with Gasteiger partial charge in [0.25, 0.3) is 0 Å². The molecule has 158 valence electrons. The molecule has 9 heteroatoms. The van der Waals surface area contributed by atoms with Gasteiger partial charge in [-0.2, -0.15) is 9.78 Å². The van der Waals surface area contributed by atoms with E-state index in [1.54, 1.807) is 38.8 Å². The van der Waals surface area contributed by atoms with Crippen LogP contribution in [0.25, 0.3) is 11.6 Å². The molecule has 8 nitrogen and oxygen atoms in total. The van der Waals surface area contributed by atoms with Gasteiger partial charge in [-0.1, -0.05) is 30.3 Å². The van der Waals surface area contributed by atoms with Crippen LogP contribution in [0.4, 0.5) is 0 Å². The highest BCUT2D eigenvalue weighted by Crippen LogP contribution is 2.38. The number of benzene rings is 2. The van der Waals surface area contributed by atoms with E-state index in [0.717, 1.165) is 11.1 Å². The fourth-order valence-electron chi connectivity index (χ4n) is 2.94. The quantitative estimate of drug-likeness (QED) is 0.319. The Bertz CT molecular complexity index is 1210. The highest BCUT2D eigenvalue weighted by atomic mass is 32.1. The molecule has 1 N–H and O–H groups in total. The summed E-state index contributed by atoms with van der Waals surface area (Å²) in [7, 11) is 3.15. The molecular formula is C22H20N4O4S. The maximum Gasteiger partial charge on any atom is 0.219 e. The van der Waals surface area contributed by atoms with Crippen molar-refractivity contribution in [3.8, 4) is 28.8 Å². The van der Waals surface area contributed by atoms with Gasteiger partial charge in [-0.15, -0.1) is 5.10 Å². The molecule has 0 aliphatic heterocycles. The minimum absolute atomic E-state index is 0.337. The van der Waals surface area contributed by atoms with Crippen LogP contribution in [0.15, 0.2) is 70.4 Å². The Morgan fingerprint density at radius 2 is 1.84 bits per heavy atom. The first-order valence-corrected chi connectivity index (χ1v) is 9.79. The van der Waals surface area contributed by atoms with Crippen LogP contribution in [0, 0.1) is 4.77 Å². The number of nitrogens with zero attached hydrogens (tertiary/aromatic N) is 3. The zero-order valence-corrected chi connectivity index (χ0v) is 17.8. The van der Waals surface area contributed by atoms with E-state index < -0.39 is 0 Å². The lowest BCUT2D eigenvalue weighted by atomic mass is 10.2. The molecule has 0 aliphatic rings. The van der Waals surface area contributed by atoms with E-state index in [0.29, 0.717) is 40.2 Å². The highest BCUT2D eigenvalue weighted by molar-refractivity contribution is 7.71. The average Bonchev–Trinajstić information content (AvgIpc) is 3.46. The van der Waals surface area contributed by atoms with Gasteiger partial charge in [-0.25, -0.2) is 5.10 Å². The lowest BCUT2D eigenvalue weighted by molar-refractivity contribution is 0.266. The Labute approximate surface area is 183 Å². The number of nitrogens with one attached hydrogen (secondary N) is 1. The zero-order chi connectivity index (χ0) is 21.6. The lowest BCUT2D eigenvalue weighted by Crippen LogP contribution is -2.01. The predicted octanol–water partition coefficient (Wildman–Crippen LogP) is 4.68. The van der Waals surface area contributed by atoms with Crippen LogP contribution in [0.1, 0.15) is 11.1 Å². The third-order valence-electron chi connectivity index (χ3n) is 4.42. The second-order valence-corrected chi connectivity index (χ2v) is 6.80.